The predicted molar refractivity (Wildman–Crippen MR) is 108 cm³/mol. The van der Waals surface area contributed by atoms with Crippen molar-refractivity contribution in [2.75, 3.05) is 12.8 Å². The van der Waals surface area contributed by atoms with E-state index in [1.165, 1.54) is 44.4 Å². The Hall–Kier alpha value is -2.33. The lowest BCUT2D eigenvalue weighted by atomic mass is 9.92. The van der Waals surface area contributed by atoms with Crippen molar-refractivity contribution < 1.29 is 17.2 Å². The lowest BCUT2D eigenvalue weighted by molar-refractivity contribution is 0.458. The molecule has 0 fully saturated rings. The number of benzene rings is 1. The van der Waals surface area contributed by atoms with E-state index < -0.39 is 33.0 Å². The van der Waals surface area contributed by atoms with E-state index in [4.69, 9.17) is 5.73 Å². The van der Waals surface area contributed by atoms with Crippen molar-refractivity contribution in [2.24, 2.45) is 10.7 Å². The van der Waals surface area contributed by atoms with Crippen molar-refractivity contribution in [1.29, 1.82) is 0 Å². The Labute approximate surface area is 170 Å². The zero-order valence-electron chi connectivity index (χ0n) is 15.0. The topological polar surface area (TPSA) is 88.7 Å². The number of sulfonamides is 1. The Morgan fingerprint density at radius 2 is 2.07 bits per heavy atom. The predicted octanol–water partition coefficient (Wildman–Crippen LogP) is 3.26. The number of hydrogen-bond donors (Lipinski definition) is 1. The van der Waals surface area contributed by atoms with Crippen molar-refractivity contribution in [3.05, 3.63) is 63.6 Å². The summed E-state index contributed by atoms with van der Waals surface area (Å²) in [5.74, 6) is -1.97. The first-order valence-electron chi connectivity index (χ1n) is 8.13. The largest absolute Gasteiger partial charge is 0.369 e. The van der Waals surface area contributed by atoms with Gasteiger partial charge in [-0.15, -0.1) is 0 Å². The summed E-state index contributed by atoms with van der Waals surface area (Å²) in [6, 6.07) is 7.04. The Morgan fingerprint density at radius 3 is 2.68 bits per heavy atom. The molecular formula is C18H17BrF2N4O2S. The first-order valence-corrected chi connectivity index (χ1v) is 10.5. The molecule has 0 aliphatic carbocycles. The van der Waals surface area contributed by atoms with E-state index in [-0.39, 0.29) is 17.2 Å². The van der Waals surface area contributed by atoms with Gasteiger partial charge >= 0.3 is 0 Å². The number of halogens is 3. The lowest BCUT2D eigenvalue weighted by Crippen LogP contribution is -2.50. The molecule has 2 aromatic rings. The summed E-state index contributed by atoms with van der Waals surface area (Å²) in [6.07, 6.45) is 2.65. The SMILES string of the molecule is CN1C(N)=NC(C)(c2cc(C=C(F)c3ccc(Br)cn3)ccc2F)CS1(=O)=O. The van der Waals surface area contributed by atoms with Gasteiger partial charge in [-0.1, -0.05) is 6.07 Å². The van der Waals surface area contributed by atoms with Crippen LogP contribution < -0.4 is 5.73 Å². The molecule has 148 valence electrons. The number of aromatic nitrogens is 1. The molecule has 3 rings (SSSR count). The molecule has 1 aliphatic rings. The van der Waals surface area contributed by atoms with Crippen molar-refractivity contribution in [3.63, 3.8) is 0 Å². The number of rotatable bonds is 3. The molecule has 0 saturated carbocycles. The van der Waals surface area contributed by atoms with E-state index in [1.807, 2.05) is 0 Å². The summed E-state index contributed by atoms with van der Waals surface area (Å²) in [6.45, 7) is 1.48. The molecule has 1 aliphatic heterocycles. The second-order valence-corrected chi connectivity index (χ2v) is 9.48. The average molecular weight is 471 g/mol. The van der Waals surface area contributed by atoms with E-state index >= 15 is 0 Å². The van der Waals surface area contributed by atoms with Crippen molar-refractivity contribution >= 4 is 43.8 Å². The first-order chi connectivity index (χ1) is 13.0. The van der Waals surface area contributed by atoms with E-state index in [1.54, 1.807) is 6.07 Å². The van der Waals surface area contributed by atoms with Crippen molar-refractivity contribution in [2.45, 2.75) is 12.5 Å². The van der Waals surface area contributed by atoms with Gasteiger partial charge in [-0.05, 0) is 58.8 Å². The van der Waals surface area contributed by atoms with Crippen LogP contribution in [0.15, 0.2) is 46.0 Å². The van der Waals surface area contributed by atoms with Gasteiger partial charge in [0.25, 0.3) is 0 Å². The molecule has 2 N–H and O–H groups in total. The van der Waals surface area contributed by atoms with Crippen LogP contribution in [0.4, 0.5) is 8.78 Å². The summed E-state index contributed by atoms with van der Waals surface area (Å²) in [7, 11) is -2.48. The molecule has 1 aromatic heterocycles. The van der Waals surface area contributed by atoms with Crippen LogP contribution in [0.1, 0.15) is 23.7 Å². The standard InChI is InChI=1S/C18H17BrF2N4O2S/c1-18(10-28(26,27)25(2)17(22)24-18)13-7-11(3-5-14(13)20)8-15(21)16-6-4-12(19)9-23-16/h3-9H,10H2,1-2H3,(H2,22,24). The summed E-state index contributed by atoms with van der Waals surface area (Å²) in [5, 5.41) is 0. The average Bonchev–Trinajstić information content (AvgIpc) is 2.61. The minimum atomic E-state index is -3.76. The van der Waals surface area contributed by atoms with Gasteiger partial charge in [-0.2, -0.15) is 0 Å². The van der Waals surface area contributed by atoms with E-state index in [0.717, 1.165) is 10.4 Å². The minimum Gasteiger partial charge on any atom is -0.369 e. The maximum Gasteiger partial charge on any atom is 0.239 e. The maximum atomic E-state index is 14.5. The third kappa shape index (κ3) is 3.93. The molecule has 6 nitrogen and oxygen atoms in total. The highest BCUT2D eigenvalue weighted by Gasteiger charge is 2.41. The van der Waals surface area contributed by atoms with E-state index in [0.29, 0.717) is 10.0 Å². The van der Waals surface area contributed by atoms with Gasteiger partial charge in [0.15, 0.2) is 0 Å². The van der Waals surface area contributed by atoms with Crippen molar-refractivity contribution in [1.82, 2.24) is 9.29 Å². The zero-order valence-corrected chi connectivity index (χ0v) is 17.4. The van der Waals surface area contributed by atoms with Gasteiger partial charge in [-0.3, -0.25) is 4.98 Å². The fraction of sp³-hybridized carbons (Fsp3) is 0.222. The number of nitrogens with zero attached hydrogens (tertiary/aromatic N) is 3. The molecule has 0 radical (unpaired) electrons. The van der Waals surface area contributed by atoms with Crippen LogP contribution in [0, 0.1) is 5.82 Å². The van der Waals surface area contributed by atoms with Gasteiger partial charge in [0.05, 0.1) is 11.4 Å². The summed E-state index contributed by atoms with van der Waals surface area (Å²) < 4.78 is 55.2. The number of pyridine rings is 1. The zero-order chi connectivity index (χ0) is 20.7. The second-order valence-electron chi connectivity index (χ2n) is 6.56. The molecule has 1 unspecified atom stereocenters. The monoisotopic (exact) mass is 470 g/mol. The summed E-state index contributed by atoms with van der Waals surface area (Å²) in [5.41, 5.74) is 4.74. The Kier molecular flexibility index (Phi) is 5.28. The summed E-state index contributed by atoms with van der Waals surface area (Å²) >= 11 is 3.23. The van der Waals surface area contributed by atoms with Gasteiger partial charge < -0.3 is 5.73 Å². The van der Waals surface area contributed by atoms with Gasteiger partial charge in [0.2, 0.25) is 16.0 Å². The molecule has 0 saturated heterocycles. The molecule has 28 heavy (non-hydrogen) atoms. The lowest BCUT2D eigenvalue weighted by Gasteiger charge is -2.34. The van der Waals surface area contributed by atoms with Gasteiger partial charge in [-0.25, -0.2) is 26.5 Å². The fourth-order valence-electron chi connectivity index (χ4n) is 2.87. The molecule has 0 amide bonds. The van der Waals surface area contributed by atoms with Crippen LogP contribution in [-0.4, -0.2) is 36.5 Å². The fourth-order valence-corrected chi connectivity index (χ4v) is 4.56. The maximum absolute atomic E-state index is 14.5. The highest BCUT2D eigenvalue weighted by Crippen LogP contribution is 2.34. The molecule has 1 aromatic carbocycles. The van der Waals surface area contributed by atoms with Gasteiger partial charge in [0, 0.05) is 23.3 Å². The highest BCUT2D eigenvalue weighted by molar-refractivity contribution is 9.10. The first kappa shape index (κ1) is 20.4. The summed E-state index contributed by atoms with van der Waals surface area (Å²) in [4.78, 5) is 8.15. The molecule has 0 spiro atoms. The molecule has 2 heterocycles. The number of hydrogen-bond acceptors (Lipinski definition) is 5. The number of aliphatic imine (C=N–C) groups is 1. The van der Waals surface area contributed by atoms with Crippen LogP contribution >= 0.6 is 15.9 Å². The normalized spacial score (nSPS) is 22.1. The Balaban J connectivity index is 2.05. The third-order valence-corrected chi connectivity index (χ3v) is 6.82. The van der Waals surface area contributed by atoms with Crippen LogP contribution in [-0.2, 0) is 15.6 Å². The second kappa shape index (κ2) is 7.25. The Morgan fingerprint density at radius 1 is 1.36 bits per heavy atom. The van der Waals surface area contributed by atoms with Crippen LogP contribution in [0.5, 0.6) is 0 Å². The number of nitrogens with two attached hydrogens (primary N) is 1. The van der Waals surface area contributed by atoms with Crippen LogP contribution in [0.25, 0.3) is 11.9 Å². The molecule has 10 heteroatoms. The quantitative estimate of drug-likeness (QED) is 0.745. The highest BCUT2D eigenvalue weighted by atomic mass is 79.9. The molecule has 1 atom stereocenters. The van der Waals surface area contributed by atoms with Gasteiger partial charge in [0.1, 0.15) is 17.2 Å². The minimum absolute atomic E-state index is 0.0115. The molecule has 0 bridgehead atoms. The van der Waals surface area contributed by atoms with Crippen molar-refractivity contribution in [3.8, 4) is 0 Å². The van der Waals surface area contributed by atoms with Crippen LogP contribution in [0.2, 0.25) is 0 Å². The van der Waals surface area contributed by atoms with E-state index in [2.05, 4.69) is 25.9 Å². The molecular weight excluding hydrogens is 454 g/mol. The third-order valence-electron chi connectivity index (χ3n) is 4.40. The van der Waals surface area contributed by atoms with E-state index in [9.17, 15) is 17.2 Å². The number of guanidine groups is 1. The van der Waals surface area contributed by atoms with Crippen LogP contribution in [0.3, 0.4) is 0 Å². The Bertz CT molecular complexity index is 1090. The smallest absolute Gasteiger partial charge is 0.239 e.